The minimum atomic E-state index is -0.107. The van der Waals surface area contributed by atoms with Crippen molar-refractivity contribution >= 4 is 35.8 Å². The molecule has 6 nitrogen and oxygen atoms in total. The standard InChI is InChI=1S/C20H32N4O2.HI/c1-4-20(10-5-6-11-20)15-24-19(21-2)23-13-12-22-18(25)16-8-7-9-17(14-16)26-3;/h7-9,14H,4-6,10-13,15H2,1-3H3,(H,22,25)(H2,21,23,24);1H. The molecule has 0 saturated heterocycles. The zero-order valence-corrected chi connectivity index (χ0v) is 19.0. The summed E-state index contributed by atoms with van der Waals surface area (Å²) in [6.45, 7) is 4.38. The van der Waals surface area contributed by atoms with Crippen LogP contribution in [-0.2, 0) is 0 Å². The maximum Gasteiger partial charge on any atom is 0.251 e. The van der Waals surface area contributed by atoms with Gasteiger partial charge >= 0.3 is 0 Å². The van der Waals surface area contributed by atoms with Crippen molar-refractivity contribution in [3.8, 4) is 5.75 Å². The zero-order chi connectivity index (χ0) is 18.8. The Morgan fingerprint density at radius 3 is 2.52 bits per heavy atom. The molecule has 152 valence electrons. The Kier molecular flexibility index (Phi) is 10.5. The van der Waals surface area contributed by atoms with Crippen molar-refractivity contribution in [3.05, 3.63) is 29.8 Å². The molecule has 1 fully saturated rings. The van der Waals surface area contributed by atoms with E-state index in [4.69, 9.17) is 4.74 Å². The van der Waals surface area contributed by atoms with Crippen LogP contribution in [0.4, 0.5) is 0 Å². The molecule has 0 spiro atoms. The number of carbonyl (C=O) groups excluding carboxylic acids is 1. The first-order valence-electron chi connectivity index (χ1n) is 9.49. The number of nitrogens with one attached hydrogen (secondary N) is 3. The molecule has 0 atom stereocenters. The van der Waals surface area contributed by atoms with Crippen LogP contribution in [0.2, 0.25) is 0 Å². The van der Waals surface area contributed by atoms with Gasteiger partial charge in [-0.05, 0) is 42.9 Å². The number of ether oxygens (including phenoxy) is 1. The highest BCUT2D eigenvalue weighted by Gasteiger charge is 2.31. The highest BCUT2D eigenvalue weighted by Crippen LogP contribution is 2.40. The number of rotatable bonds is 8. The summed E-state index contributed by atoms with van der Waals surface area (Å²) in [5.74, 6) is 1.36. The Morgan fingerprint density at radius 2 is 1.89 bits per heavy atom. The van der Waals surface area contributed by atoms with Crippen LogP contribution < -0.4 is 20.7 Å². The number of amides is 1. The molecular formula is C20H33IN4O2. The zero-order valence-electron chi connectivity index (χ0n) is 16.6. The number of hydrogen-bond donors (Lipinski definition) is 3. The van der Waals surface area contributed by atoms with Gasteiger partial charge in [-0.2, -0.15) is 0 Å². The molecule has 0 aliphatic heterocycles. The lowest BCUT2D eigenvalue weighted by Crippen LogP contribution is -2.45. The van der Waals surface area contributed by atoms with Gasteiger partial charge < -0.3 is 20.7 Å². The van der Waals surface area contributed by atoms with E-state index in [9.17, 15) is 4.79 Å². The quantitative estimate of drug-likeness (QED) is 0.228. The summed E-state index contributed by atoms with van der Waals surface area (Å²) in [5, 5.41) is 9.62. The summed E-state index contributed by atoms with van der Waals surface area (Å²) in [7, 11) is 3.37. The van der Waals surface area contributed by atoms with Gasteiger partial charge in [0, 0.05) is 32.2 Å². The van der Waals surface area contributed by atoms with Gasteiger partial charge in [0.25, 0.3) is 5.91 Å². The molecule has 1 amide bonds. The third-order valence-corrected chi connectivity index (χ3v) is 5.30. The van der Waals surface area contributed by atoms with E-state index in [1.807, 2.05) is 12.1 Å². The molecule has 7 heteroatoms. The Morgan fingerprint density at radius 1 is 1.19 bits per heavy atom. The second kappa shape index (κ2) is 12.0. The Bertz CT molecular complexity index is 616. The normalized spacial score (nSPS) is 15.6. The largest absolute Gasteiger partial charge is 0.497 e. The highest BCUT2D eigenvalue weighted by atomic mass is 127. The average molecular weight is 488 g/mol. The first-order valence-corrected chi connectivity index (χ1v) is 9.49. The van der Waals surface area contributed by atoms with Crippen molar-refractivity contribution < 1.29 is 9.53 Å². The van der Waals surface area contributed by atoms with E-state index in [0.29, 0.717) is 29.8 Å². The van der Waals surface area contributed by atoms with Gasteiger partial charge in [-0.25, -0.2) is 0 Å². The fourth-order valence-electron chi connectivity index (χ4n) is 3.50. The minimum Gasteiger partial charge on any atom is -0.497 e. The number of benzene rings is 1. The molecule has 0 bridgehead atoms. The lowest BCUT2D eigenvalue weighted by Gasteiger charge is -2.28. The highest BCUT2D eigenvalue weighted by molar-refractivity contribution is 14.0. The molecule has 0 aromatic heterocycles. The Hall–Kier alpha value is -1.51. The van der Waals surface area contributed by atoms with Gasteiger partial charge in [0.05, 0.1) is 7.11 Å². The molecule has 1 aliphatic carbocycles. The molecule has 2 rings (SSSR count). The summed E-state index contributed by atoms with van der Waals surface area (Å²) < 4.78 is 5.15. The summed E-state index contributed by atoms with van der Waals surface area (Å²) in [5.41, 5.74) is 1.01. The fourth-order valence-corrected chi connectivity index (χ4v) is 3.50. The number of carbonyl (C=O) groups is 1. The predicted molar refractivity (Wildman–Crippen MR) is 121 cm³/mol. The van der Waals surface area contributed by atoms with Gasteiger partial charge in [-0.3, -0.25) is 9.79 Å². The average Bonchev–Trinajstić information content (AvgIpc) is 3.16. The van der Waals surface area contributed by atoms with Crippen LogP contribution in [0.15, 0.2) is 29.3 Å². The van der Waals surface area contributed by atoms with E-state index in [0.717, 1.165) is 12.5 Å². The number of methoxy groups -OCH3 is 1. The van der Waals surface area contributed by atoms with E-state index >= 15 is 0 Å². The maximum absolute atomic E-state index is 12.2. The van der Waals surface area contributed by atoms with Gasteiger partial charge in [-0.1, -0.05) is 25.8 Å². The molecule has 0 radical (unpaired) electrons. The SMILES string of the molecule is CCC1(CNC(=NC)NCCNC(=O)c2cccc(OC)c2)CCCC1.I. The van der Waals surface area contributed by atoms with Crippen LogP contribution in [0.25, 0.3) is 0 Å². The molecule has 1 aromatic rings. The van der Waals surface area contributed by atoms with Crippen molar-refractivity contribution in [3.63, 3.8) is 0 Å². The monoisotopic (exact) mass is 488 g/mol. The number of guanidine groups is 1. The number of hydrogen-bond acceptors (Lipinski definition) is 3. The van der Waals surface area contributed by atoms with Crippen LogP contribution in [-0.4, -0.2) is 45.7 Å². The van der Waals surface area contributed by atoms with Crippen LogP contribution >= 0.6 is 24.0 Å². The number of aliphatic imine (C=N–C) groups is 1. The molecule has 0 heterocycles. The Labute approximate surface area is 179 Å². The van der Waals surface area contributed by atoms with Crippen molar-refractivity contribution in [2.45, 2.75) is 39.0 Å². The van der Waals surface area contributed by atoms with Gasteiger partial charge in [-0.15, -0.1) is 24.0 Å². The van der Waals surface area contributed by atoms with Crippen molar-refractivity contribution in [1.29, 1.82) is 0 Å². The van der Waals surface area contributed by atoms with Crippen LogP contribution in [0, 0.1) is 5.41 Å². The molecule has 1 saturated carbocycles. The summed E-state index contributed by atoms with van der Waals surface area (Å²) in [6, 6.07) is 7.14. The smallest absolute Gasteiger partial charge is 0.251 e. The van der Waals surface area contributed by atoms with Crippen LogP contribution in [0.5, 0.6) is 5.75 Å². The second-order valence-corrected chi connectivity index (χ2v) is 6.90. The first kappa shape index (κ1) is 23.5. The topological polar surface area (TPSA) is 74.8 Å². The summed E-state index contributed by atoms with van der Waals surface area (Å²) >= 11 is 0. The van der Waals surface area contributed by atoms with E-state index in [1.54, 1.807) is 26.3 Å². The molecule has 1 aliphatic rings. The van der Waals surface area contributed by atoms with Crippen LogP contribution in [0.1, 0.15) is 49.4 Å². The van der Waals surface area contributed by atoms with Gasteiger partial charge in [0.15, 0.2) is 5.96 Å². The summed E-state index contributed by atoms with van der Waals surface area (Å²) in [6.07, 6.45) is 6.46. The van der Waals surface area contributed by atoms with Crippen molar-refractivity contribution in [2.75, 3.05) is 33.8 Å². The van der Waals surface area contributed by atoms with Crippen LogP contribution in [0.3, 0.4) is 0 Å². The molecular weight excluding hydrogens is 455 g/mol. The van der Waals surface area contributed by atoms with E-state index < -0.39 is 0 Å². The second-order valence-electron chi connectivity index (χ2n) is 6.90. The van der Waals surface area contributed by atoms with E-state index in [1.165, 1.54) is 32.1 Å². The maximum atomic E-state index is 12.2. The third-order valence-electron chi connectivity index (χ3n) is 5.30. The minimum absolute atomic E-state index is 0. The number of halogens is 1. The third kappa shape index (κ3) is 7.20. The van der Waals surface area contributed by atoms with Crippen molar-refractivity contribution in [2.24, 2.45) is 10.4 Å². The molecule has 1 aromatic carbocycles. The molecule has 0 unspecified atom stereocenters. The summed E-state index contributed by atoms with van der Waals surface area (Å²) in [4.78, 5) is 16.4. The molecule has 27 heavy (non-hydrogen) atoms. The fraction of sp³-hybridized carbons (Fsp3) is 0.600. The van der Waals surface area contributed by atoms with Gasteiger partial charge in [0.1, 0.15) is 5.75 Å². The lowest BCUT2D eigenvalue weighted by molar-refractivity contribution is 0.0954. The van der Waals surface area contributed by atoms with E-state index in [-0.39, 0.29) is 29.9 Å². The van der Waals surface area contributed by atoms with Gasteiger partial charge in [0.2, 0.25) is 0 Å². The van der Waals surface area contributed by atoms with Crippen molar-refractivity contribution in [1.82, 2.24) is 16.0 Å². The Balaban J connectivity index is 0.00000364. The molecule has 3 N–H and O–H groups in total. The first-order chi connectivity index (χ1) is 12.6. The number of nitrogens with zero attached hydrogens (tertiary/aromatic N) is 1. The lowest BCUT2D eigenvalue weighted by atomic mass is 9.83. The van der Waals surface area contributed by atoms with E-state index in [2.05, 4.69) is 27.9 Å². The predicted octanol–water partition coefficient (Wildman–Crippen LogP) is 3.18.